The van der Waals surface area contributed by atoms with Crippen molar-refractivity contribution in [2.24, 2.45) is 0 Å². The number of nitrogens with one attached hydrogen (secondary N) is 2. The van der Waals surface area contributed by atoms with Crippen LogP contribution in [-0.4, -0.2) is 43.5 Å². The van der Waals surface area contributed by atoms with Crippen LogP contribution in [0.3, 0.4) is 0 Å². The lowest BCUT2D eigenvalue weighted by Gasteiger charge is -2.31. The highest BCUT2D eigenvalue weighted by atomic mass is 35.5. The zero-order valence-corrected chi connectivity index (χ0v) is 21.4. The molecule has 0 spiro atoms. The van der Waals surface area contributed by atoms with Gasteiger partial charge < -0.3 is 15.7 Å². The van der Waals surface area contributed by atoms with E-state index in [0.29, 0.717) is 36.1 Å². The summed E-state index contributed by atoms with van der Waals surface area (Å²) in [6.07, 6.45) is -4.25. The van der Waals surface area contributed by atoms with Gasteiger partial charge >= 0.3 is 6.18 Å². The molecule has 3 N–H and O–H groups in total. The van der Waals surface area contributed by atoms with Gasteiger partial charge in [0.2, 0.25) is 0 Å². The molecule has 0 saturated heterocycles. The minimum atomic E-state index is -4.65. The van der Waals surface area contributed by atoms with E-state index in [4.69, 9.17) is 11.6 Å². The standard InChI is InChI=1S/C25H27ClF5N5O2/c1-24(2,38)12-36-11-17(21(35-36)22(27)28)23(37)33-15-5-3-4-14(9-15)32-19-10-20(25(29,30)31)34-18-7-6-13(26)8-16(18)19/h6-8,10-11,14-15,22,38H,3-5,9,12H2,1-2H3,(H,32,34)(H,33,37)/t14-,15+/m0/s1. The highest BCUT2D eigenvalue weighted by Crippen LogP contribution is 2.35. The first kappa shape index (κ1) is 28.0. The molecule has 4 rings (SSSR count). The smallest absolute Gasteiger partial charge is 0.389 e. The zero-order chi connectivity index (χ0) is 27.8. The van der Waals surface area contributed by atoms with Crippen molar-refractivity contribution in [1.82, 2.24) is 20.1 Å². The lowest BCUT2D eigenvalue weighted by atomic mass is 9.90. The average molecular weight is 560 g/mol. The first-order valence-electron chi connectivity index (χ1n) is 12.0. The Morgan fingerprint density at radius 3 is 2.58 bits per heavy atom. The Morgan fingerprint density at radius 1 is 1.21 bits per heavy atom. The predicted octanol–water partition coefficient (Wildman–Crippen LogP) is 5.97. The van der Waals surface area contributed by atoms with Gasteiger partial charge in [0, 0.05) is 34.4 Å². The molecule has 2 aromatic heterocycles. The molecule has 2 heterocycles. The average Bonchev–Trinajstić information content (AvgIpc) is 3.21. The fourth-order valence-corrected chi connectivity index (χ4v) is 4.82. The predicted molar refractivity (Wildman–Crippen MR) is 132 cm³/mol. The highest BCUT2D eigenvalue weighted by molar-refractivity contribution is 6.31. The number of alkyl halides is 5. The SMILES string of the molecule is CC(C)(O)Cn1cc(C(=O)N[C@@H]2CCC[C@H](Nc3cc(C(F)(F)F)nc4ccc(Cl)cc34)C2)c(C(F)F)n1. The van der Waals surface area contributed by atoms with Crippen molar-refractivity contribution in [3.63, 3.8) is 0 Å². The topological polar surface area (TPSA) is 92.1 Å². The minimum absolute atomic E-state index is 0.0841. The molecule has 38 heavy (non-hydrogen) atoms. The van der Waals surface area contributed by atoms with Gasteiger partial charge in [0.05, 0.1) is 23.2 Å². The van der Waals surface area contributed by atoms with Crippen molar-refractivity contribution < 1.29 is 31.9 Å². The van der Waals surface area contributed by atoms with E-state index < -0.39 is 41.5 Å². The molecule has 0 unspecified atom stereocenters. The highest BCUT2D eigenvalue weighted by Gasteiger charge is 2.34. The summed E-state index contributed by atoms with van der Waals surface area (Å²) in [6, 6.07) is 4.64. The molecule has 0 bridgehead atoms. The number of anilines is 1. The van der Waals surface area contributed by atoms with Crippen LogP contribution in [0, 0.1) is 0 Å². The van der Waals surface area contributed by atoms with Crippen LogP contribution in [0.5, 0.6) is 0 Å². The second-order valence-electron chi connectivity index (χ2n) is 10.1. The van der Waals surface area contributed by atoms with Gasteiger partial charge in [-0.25, -0.2) is 13.8 Å². The number of nitrogens with zero attached hydrogens (tertiary/aromatic N) is 3. The molecule has 1 saturated carbocycles. The van der Waals surface area contributed by atoms with Crippen molar-refractivity contribution >= 4 is 34.1 Å². The Bertz CT molecular complexity index is 1320. The second-order valence-corrected chi connectivity index (χ2v) is 10.6. The second kappa shape index (κ2) is 10.6. The Labute approximate surface area is 220 Å². The van der Waals surface area contributed by atoms with Gasteiger partial charge in [0.15, 0.2) is 0 Å². The number of aromatic nitrogens is 3. The van der Waals surface area contributed by atoms with Crippen LogP contribution < -0.4 is 10.6 Å². The van der Waals surface area contributed by atoms with Crippen LogP contribution in [0.25, 0.3) is 10.9 Å². The molecular formula is C25H27ClF5N5O2. The molecule has 206 valence electrons. The van der Waals surface area contributed by atoms with E-state index in [0.717, 1.165) is 10.7 Å². The van der Waals surface area contributed by atoms with Crippen LogP contribution >= 0.6 is 11.6 Å². The molecule has 13 heteroatoms. The van der Waals surface area contributed by atoms with Crippen LogP contribution in [0.2, 0.25) is 5.02 Å². The summed E-state index contributed by atoms with van der Waals surface area (Å²) in [4.78, 5) is 16.6. The number of pyridine rings is 1. The van der Waals surface area contributed by atoms with Crippen LogP contribution in [0.15, 0.2) is 30.5 Å². The number of hydrogen-bond donors (Lipinski definition) is 3. The number of fused-ring (bicyclic) bond motifs is 1. The van der Waals surface area contributed by atoms with Crippen LogP contribution in [0.4, 0.5) is 27.6 Å². The summed E-state index contributed by atoms with van der Waals surface area (Å²) in [6.45, 7) is 2.89. The molecular weight excluding hydrogens is 533 g/mol. The summed E-state index contributed by atoms with van der Waals surface area (Å²) in [7, 11) is 0. The third-order valence-corrected chi connectivity index (χ3v) is 6.46. The molecule has 0 aliphatic heterocycles. The maximum Gasteiger partial charge on any atom is 0.433 e. The summed E-state index contributed by atoms with van der Waals surface area (Å²) < 4.78 is 68.6. The van der Waals surface area contributed by atoms with Gasteiger partial charge in [-0.1, -0.05) is 11.6 Å². The van der Waals surface area contributed by atoms with Gasteiger partial charge in [-0.15, -0.1) is 0 Å². The van der Waals surface area contributed by atoms with Crippen molar-refractivity contribution in [2.75, 3.05) is 5.32 Å². The number of rotatable bonds is 7. The van der Waals surface area contributed by atoms with Gasteiger partial charge in [0.1, 0.15) is 11.4 Å². The Kier molecular flexibility index (Phi) is 7.85. The maximum absolute atomic E-state index is 13.6. The lowest BCUT2D eigenvalue weighted by molar-refractivity contribution is -0.140. The molecule has 1 fully saturated rings. The Balaban J connectivity index is 1.52. The van der Waals surface area contributed by atoms with Crippen molar-refractivity contribution in [2.45, 2.75) is 76.4 Å². The number of aliphatic hydroxyl groups is 1. The van der Waals surface area contributed by atoms with Crippen LogP contribution in [-0.2, 0) is 12.7 Å². The summed E-state index contributed by atoms with van der Waals surface area (Å²) in [5.41, 5.74) is -2.89. The zero-order valence-electron chi connectivity index (χ0n) is 20.6. The summed E-state index contributed by atoms with van der Waals surface area (Å²) in [5, 5.41) is 20.4. The van der Waals surface area contributed by atoms with Gasteiger partial charge in [0.25, 0.3) is 12.3 Å². The van der Waals surface area contributed by atoms with Crippen molar-refractivity contribution in [3.8, 4) is 0 Å². The van der Waals surface area contributed by atoms with Gasteiger partial charge in [-0.2, -0.15) is 18.3 Å². The van der Waals surface area contributed by atoms with Crippen LogP contribution in [0.1, 0.15) is 67.7 Å². The molecule has 1 aliphatic carbocycles. The first-order chi connectivity index (χ1) is 17.7. The lowest BCUT2D eigenvalue weighted by Crippen LogP contribution is -2.42. The number of carbonyl (C=O) groups excluding carboxylic acids is 1. The third kappa shape index (κ3) is 6.71. The van der Waals surface area contributed by atoms with E-state index in [1.807, 2.05) is 0 Å². The Morgan fingerprint density at radius 2 is 1.92 bits per heavy atom. The molecule has 1 amide bonds. The number of halogens is 6. The van der Waals surface area contributed by atoms with E-state index in [1.165, 1.54) is 38.2 Å². The first-order valence-corrected chi connectivity index (χ1v) is 12.4. The molecule has 1 aromatic carbocycles. The Hall–Kier alpha value is -2.99. The van der Waals surface area contributed by atoms with E-state index in [-0.39, 0.29) is 29.4 Å². The van der Waals surface area contributed by atoms with Crippen molar-refractivity contribution in [1.29, 1.82) is 0 Å². The summed E-state index contributed by atoms with van der Waals surface area (Å²) in [5.74, 6) is -0.728. The number of benzene rings is 1. The van der Waals surface area contributed by atoms with E-state index in [9.17, 15) is 31.9 Å². The van der Waals surface area contributed by atoms with Gasteiger partial charge in [-0.3, -0.25) is 9.48 Å². The largest absolute Gasteiger partial charge is 0.433 e. The maximum atomic E-state index is 13.6. The van der Waals surface area contributed by atoms with Gasteiger partial charge in [-0.05, 0) is 63.8 Å². The number of hydrogen-bond acceptors (Lipinski definition) is 5. The number of carbonyl (C=O) groups is 1. The van der Waals surface area contributed by atoms with E-state index in [1.54, 1.807) is 0 Å². The fourth-order valence-electron chi connectivity index (χ4n) is 4.65. The minimum Gasteiger partial charge on any atom is -0.389 e. The fraction of sp³-hybridized carbons (Fsp3) is 0.480. The molecule has 1 aliphatic rings. The normalized spacial score (nSPS) is 18.7. The van der Waals surface area contributed by atoms with E-state index in [2.05, 4.69) is 20.7 Å². The quantitative estimate of drug-likeness (QED) is 0.310. The summed E-state index contributed by atoms with van der Waals surface area (Å²) >= 11 is 6.07. The van der Waals surface area contributed by atoms with E-state index >= 15 is 0 Å². The molecule has 2 atom stereocenters. The third-order valence-electron chi connectivity index (χ3n) is 6.22. The monoisotopic (exact) mass is 559 g/mol. The molecule has 3 aromatic rings. The molecule has 7 nitrogen and oxygen atoms in total. The van der Waals surface area contributed by atoms with Crippen molar-refractivity contribution in [3.05, 3.63) is 52.4 Å². The molecule has 0 radical (unpaired) electrons. The number of amides is 1.